The van der Waals surface area contributed by atoms with Crippen LogP contribution in [0.2, 0.25) is 0 Å². The van der Waals surface area contributed by atoms with Crippen molar-refractivity contribution in [2.45, 2.75) is 18.4 Å². The number of rotatable bonds is 6. The zero-order valence-corrected chi connectivity index (χ0v) is 12.4. The number of carbonyl (C=O) groups excluding carboxylic acids is 2. The Kier molecular flexibility index (Phi) is 5.25. The van der Waals surface area contributed by atoms with Crippen molar-refractivity contribution in [3.63, 3.8) is 0 Å². The van der Waals surface area contributed by atoms with E-state index in [2.05, 4.69) is 16.9 Å². The monoisotopic (exact) mass is 325 g/mol. The van der Waals surface area contributed by atoms with Crippen molar-refractivity contribution in [1.82, 2.24) is 15.2 Å². The third kappa shape index (κ3) is 4.48. The zero-order chi connectivity index (χ0) is 16.9. The summed E-state index contributed by atoms with van der Waals surface area (Å²) < 4.78 is 32.2. The molecular formula is C15H17F2N3O3. The Morgan fingerprint density at radius 3 is 2.96 bits per heavy atom. The standard InChI is InChI=1S/C15H17F2N3O3/c1-2-13(21)20-10-15(16,17)9-11(20)14(22)19-7-8-23-12-5-3-4-6-18-12/h2-6,11H,1,7-10H2,(H,19,22)/t11-/m1/s1. The average Bonchev–Trinajstić information content (AvgIpc) is 2.87. The summed E-state index contributed by atoms with van der Waals surface area (Å²) >= 11 is 0. The predicted octanol–water partition coefficient (Wildman–Crippen LogP) is 0.999. The van der Waals surface area contributed by atoms with Gasteiger partial charge in [0.25, 0.3) is 5.92 Å². The summed E-state index contributed by atoms with van der Waals surface area (Å²) in [5.74, 6) is -4.00. The molecule has 1 atom stereocenters. The SMILES string of the molecule is C=CC(=O)N1CC(F)(F)C[C@@H]1C(=O)NCCOc1ccccn1. The number of nitrogens with one attached hydrogen (secondary N) is 1. The van der Waals surface area contributed by atoms with Gasteiger partial charge < -0.3 is 15.0 Å². The van der Waals surface area contributed by atoms with E-state index in [1.165, 1.54) is 0 Å². The molecule has 1 N–H and O–H groups in total. The predicted molar refractivity (Wildman–Crippen MR) is 78.0 cm³/mol. The highest BCUT2D eigenvalue weighted by Gasteiger charge is 2.49. The molecule has 23 heavy (non-hydrogen) atoms. The van der Waals surface area contributed by atoms with Crippen molar-refractivity contribution in [3.05, 3.63) is 37.1 Å². The van der Waals surface area contributed by atoms with Crippen molar-refractivity contribution in [2.75, 3.05) is 19.7 Å². The van der Waals surface area contributed by atoms with Gasteiger partial charge in [0.15, 0.2) is 0 Å². The third-order valence-electron chi connectivity index (χ3n) is 3.32. The summed E-state index contributed by atoms with van der Waals surface area (Å²) in [4.78, 5) is 28.4. The number of alkyl halides is 2. The van der Waals surface area contributed by atoms with Crippen molar-refractivity contribution >= 4 is 11.8 Å². The van der Waals surface area contributed by atoms with Crippen LogP contribution in [0, 0.1) is 0 Å². The van der Waals surface area contributed by atoms with E-state index in [-0.39, 0.29) is 13.2 Å². The average molecular weight is 325 g/mol. The van der Waals surface area contributed by atoms with E-state index in [1.807, 2.05) is 0 Å². The number of hydrogen-bond donors (Lipinski definition) is 1. The van der Waals surface area contributed by atoms with Crippen LogP contribution in [-0.2, 0) is 9.59 Å². The first kappa shape index (κ1) is 16.9. The molecule has 1 saturated heterocycles. The molecule has 2 amide bonds. The van der Waals surface area contributed by atoms with Crippen LogP contribution in [0.4, 0.5) is 8.78 Å². The molecule has 1 aliphatic heterocycles. The maximum Gasteiger partial charge on any atom is 0.267 e. The number of pyridine rings is 1. The Balaban J connectivity index is 1.84. The van der Waals surface area contributed by atoms with Crippen LogP contribution in [0.5, 0.6) is 5.88 Å². The molecule has 0 bridgehead atoms. The smallest absolute Gasteiger partial charge is 0.267 e. The fourth-order valence-corrected chi connectivity index (χ4v) is 2.28. The van der Waals surface area contributed by atoms with Crippen LogP contribution in [0.3, 0.4) is 0 Å². The molecule has 124 valence electrons. The first-order valence-corrected chi connectivity index (χ1v) is 7.05. The molecule has 0 saturated carbocycles. The summed E-state index contributed by atoms with van der Waals surface area (Å²) in [5.41, 5.74) is 0. The molecule has 1 aromatic heterocycles. The topological polar surface area (TPSA) is 71.5 Å². The van der Waals surface area contributed by atoms with Crippen molar-refractivity contribution < 1.29 is 23.1 Å². The van der Waals surface area contributed by atoms with Gasteiger partial charge in [-0.05, 0) is 12.1 Å². The van der Waals surface area contributed by atoms with Crippen LogP contribution in [0.25, 0.3) is 0 Å². The lowest BCUT2D eigenvalue weighted by Gasteiger charge is -2.21. The summed E-state index contributed by atoms with van der Waals surface area (Å²) in [7, 11) is 0. The molecule has 0 radical (unpaired) electrons. The van der Waals surface area contributed by atoms with Gasteiger partial charge in [0.05, 0.1) is 13.1 Å². The molecular weight excluding hydrogens is 308 g/mol. The van der Waals surface area contributed by atoms with E-state index in [0.29, 0.717) is 5.88 Å². The lowest BCUT2D eigenvalue weighted by Crippen LogP contribution is -2.46. The Bertz CT molecular complexity index is 581. The minimum Gasteiger partial charge on any atom is -0.476 e. The molecule has 2 heterocycles. The number of nitrogens with zero attached hydrogens (tertiary/aromatic N) is 2. The second-order valence-corrected chi connectivity index (χ2v) is 5.05. The fourth-order valence-electron chi connectivity index (χ4n) is 2.28. The zero-order valence-electron chi connectivity index (χ0n) is 12.4. The first-order valence-electron chi connectivity index (χ1n) is 7.05. The quantitative estimate of drug-likeness (QED) is 0.626. The maximum atomic E-state index is 13.5. The molecule has 2 rings (SSSR count). The molecule has 6 nitrogen and oxygen atoms in total. The van der Waals surface area contributed by atoms with Gasteiger partial charge in [-0.2, -0.15) is 0 Å². The summed E-state index contributed by atoms with van der Waals surface area (Å²) in [5, 5.41) is 2.49. The van der Waals surface area contributed by atoms with Crippen LogP contribution >= 0.6 is 0 Å². The lowest BCUT2D eigenvalue weighted by molar-refractivity contribution is -0.135. The van der Waals surface area contributed by atoms with Crippen LogP contribution < -0.4 is 10.1 Å². The number of aromatic nitrogens is 1. The highest BCUT2D eigenvalue weighted by molar-refractivity contribution is 5.93. The number of amides is 2. The Morgan fingerprint density at radius 1 is 1.52 bits per heavy atom. The van der Waals surface area contributed by atoms with E-state index >= 15 is 0 Å². The van der Waals surface area contributed by atoms with Crippen molar-refractivity contribution in [2.24, 2.45) is 0 Å². The number of hydrogen-bond acceptors (Lipinski definition) is 4. The van der Waals surface area contributed by atoms with E-state index in [9.17, 15) is 18.4 Å². The second-order valence-electron chi connectivity index (χ2n) is 5.05. The molecule has 0 unspecified atom stereocenters. The molecule has 0 aliphatic carbocycles. The Hall–Kier alpha value is -2.51. The van der Waals surface area contributed by atoms with E-state index in [0.717, 1.165) is 11.0 Å². The Morgan fingerprint density at radius 2 is 2.30 bits per heavy atom. The van der Waals surface area contributed by atoms with Gasteiger partial charge in [-0.3, -0.25) is 9.59 Å². The maximum absolute atomic E-state index is 13.5. The highest BCUT2D eigenvalue weighted by Crippen LogP contribution is 2.32. The third-order valence-corrected chi connectivity index (χ3v) is 3.32. The molecule has 1 aromatic rings. The minimum absolute atomic E-state index is 0.119. The van der Waals surface area contributed by atoms with Crippen LogP contribution in [0.1, 0.15) is 6.42 Å². The highest BCUT2D eigenvalue weighted by atomic mass is 19.3. The van der Waals surface area contributed by atoms with Gasteiger partial charge >= 0.3 is 0 Å². The van der Waals surface area contributed by atoms with Gasteiger partial charge in [0.2, 0.25) is 17.7 Å². The Labute approximate surface area is 132 Å². The fraction of sp³-hybridized carbons (Fsp3) is 0.400. The van der Waals surface area contributed by atoms with Gasteiger partial charge in [-0.1, -0.05) is 12.6 Å². The largest absolute Gasteiger partial charge is 0.476 e. The van der Waals surface area contributed by atoms with Gasteiger partial charge in [-0.25, -0.2) is 13.8 Å². The summed E-state index contributed by atoms with van der Waals surface area (Å²) in [6.45, 7) is 2.74. The van der Waals surface area contributed by atoms with Crippen molar-refractivity contribution in [1.29, 1.82) is 0 Å². The molecule has 1 aliphatic rings. The summed E-state index contributed by atoms with van der Waals surface area (Å²) in [6.07, 6.45) is 1.79. The molecule has 0 aromatic carbocycles. The molecule has 0 spiro atoms. The normalized spacial score (nSPS) is 19.2. The van der Waals surface area contributed by atoms with Gasteiger partial charge in [0, 0.05) is 18.7 Å². The molecule has 1 fully saturated rings. The van der Waals surface area contributed by atoms with Crippen molar-refractivity contribution in [3.8, 4) is 5.88 Å². The number of carbonyl (C=O) groups is 2. The van der Waals surface area contributed by atoms with E-state index in [4.69, 9.17) is 4.74 Å². The van der Waals surface area contributed by atoms with Crippen LogP contribution in [0.15, 0.2) is 37.1 Å². The minimum atomic E-state index is -3.08. The molecule has 8 heteroatoms. The first-order chi connectivity index (χ1) is 10.9. The second kappa shape index (κ2) is 7.17. The number of likely N-dealkylation sites (tertiary alicyclic amines) is 1. The van der Waals surface area contributed by atoms with E-state index < -0.39 is 36.7 Å². The summed E-state index contributed by atoms with van der Waals surface area (Å²) in [6, 6.07) is 3.94. The number of halogens is 2. The van der Waals surface area contributed by atoms with Gasteiger partial charge in [-0.15, -0.1) is 0 Å². The number of ether oxygens (including phenoxy) is 1. The lowest BCUT2D eigenvalue weighted by atomic mass is 10.1. The van der Waals surface area contributed by atoms with Crippen LogP contribution in [-0.4, -0.2) is 53.4 Å². The van der Waals surface area contributed by atoms with E-state index in [1.54, 1.807) is 24.4 Å². The van der Waals surface area contributed by atoms with Gasteiger partial charge in [0.1, 0.15) is 12.6 Å².